The molecule has 1 atom stereocenters. The Morgan fingerprint density at radius 2 is 1.53 bits per heavy atom. The fourth-order valence-electron chi connectivity index (χ4n) is 3.64. The molecule has 0 aliphatic heterocycles. The Hall–Kier alpha value is -3.43. The maximum atomic E-state index is 13.5. The molecule has 1 amide bonds. The minimum absolute atomic E-state index is 0.0141. The Kier molecular flexibility index (Phi) is 8.70. The molecule has 3 aromatic rings. The summed E-state index contributed by atoms with van der Waals surface area (Å²) >= 11 is 5.99. The SMILES string of the molecule is COc1ccc(C(C)NC(=O)c2cc(OC)c(OC)cc2N(Cc2ccc(Cl)cc2)S(C)(=O)=O)cc1. The van der Waals surface area contributed by atoms with Gasteiger partial charge in [-0.15, -0.1) is 0 Å². The van der Waals surface area contributed by atoms with Gasteiger partial charge in [0.1, 0.15) is 5.75 Å². The van der Waals surface area contributed by atoms with E-state index in [1.54, 1.807) is 43.5 Å². The molecule has 0 saturated heterocycles. The molecular weight excluding hydrogens is 504 g/mol. The summed E-state index contributed by atoms with van der Waals surface area (Å²) < 4.78 is 43.0. The topological polar surface area (TPSA) is 94.2 Å². The van der Waals surface area contributed by atoms with Gasteiger partial charge in [0.2, 0.25) is 10.0 Å². The number of hydrogen-bond donors (Lipinski definition) is 1. The van der Waals surface area contributed by atoms with Gasteiger partial charge in [0.15, 0.2) is 11.5 Å². The van der Waals surface area contributed by atoms with Crippen LogP contribution in [-0.2, 0) is 16.6 Å². The molecule has 10 heteroatoms. The first-order valence-electron chi connectivity index (χ1n) is 11.0. The van der Waals surface area contributed by atoms with Gasteiger partial charge in [0, 0.05) is 11.1 Å². The van der Waals surface area contributed by atoms with Crippen LogP contribution in [0.2, 0.25) is 5.02 Å². The standard InChI is InChI=1S/C26H29ClN2O6S/c1-17(19-8-12-21(33-2)13-9-19)28-26(30)22-14-24(34-3)25(35-4)15-23(22)29(36(5,31)32)16-18-6-10-20(27)11-7-18/h6-15,17H,16H2,1-5H3,(H,28,30). The molecule has 0 spiro atoms. The Labute approximate surface area is 216 Å². The molecule has 8 nitrogen and oxygen atoms in total. The van der Waals surface area contributed by atoms with Crippen LogP contribution in [0.4, 0.5) is 5.69 Å². The quantitative estimate of drug-likeness (QED) is 0.402. The third-order valence-corrected chi connectivity index (χ3v) is 7.00. The Morgan fingerprint density at radius 3 is 2.06 bits per heavy atom. The summed E-state index contributed by atoms with van der Waals surface area (Å²) in [6.45, 7) is 1.82. The predicted octanol–water partition coefficient (Wildman–Crippen LogP) is 4.82. The minimum Gasteiger partial charge on any atom is -0.497 e. The van der Waals surface area contributed by atoms with Gasteiger partial charge in [-0.1, -0.05) is 35.9 Å². The maximum Gasteiger partial charge on any atom is 0.254 e. The highest BCUT2D eigenvalue weighted by Crippen LogP contribution is 2.37. The summed E-state index contributed by atoms with van der Waals surface area (Å²) in [5, 5.41) is 3.47. The summed E-state index contributed by atoms with van der Waals surface area (Å²) in [5.74, 6) is 0.810. The summed E-state index contributed by atoms with van der Waals surface area (Å²) in [4.78, 5) is 13.5. The Balaban J connectivity index is 2.05. The molecule has 0 saturated carbocycles. The number of ether oxygens (including phenoxy) is 3. The molecule has 1 unspecified atom stereocenters. The normalized spacial score (nSPS) is 11.9. The van der Waals surface area contributed by atoms with E-state index < -0.39 is 15.9 Å². The van der Waals surface area contributed by atoms with E-state index in [0.29, 0.717) is 22.1 Å². The van der Waals surface area contributed by atoms with Crippen molar-refractivity contribution in [3.8, 4) is 17.2 Å². The Morgan fingerprint density at radius 1 is 0.944 bits per heavy atom. The summed E-state index contributed by atoms with van der Waals surface area (Å²) in [5.41, 5.74) is 1.82. The van der Waals surface area contributed by atoms with Crippen LogP contribution in [0.25, 0.3) is 0 Å². The highest BCUT2D eigenvalue weighted by atomic mass is 35.5. The molecule has 192 valence electrons. The average Bonchev–Trinajstić information content (AvgIpc) is 2.86. The van der Waals surface area contributed by atoms with Crippen molar-refractivity contribution in [2.45, 2.75) is 19.5 Å². The number of anilines is 1. The van der Waals surface area contributed by atoms with E-state index in [9.17, 15) is 13.2 Å². The highest BCUT2D eigenvalue weighted by Gasteiger charge is 2.27. The minimum atomic E-state index is -3.81. The van der Waals surface area contributed by atoms with Crippen molar-refractivity contribution in [1.82, 2.24) is 5.32 Å². The second-order valence-corrected chi connectivity index (χ2v) is 10.4. The highest BCUT2D eigenvalue weighted by molar-refractivity contribution is 7.92. The second-order valence-electron chi connectivity index (χ2n) is 8.09. The van der Waals surface area contributed by atoms with Gasteiger partial charge in [-0.2, -0.15) is 0 Å². The van der Waals surface area contributed by atoms with Crippen molar-refractivity contribution in [2.75, 3.05) is 31.9 Å². The third kappa shape index (κ3) is 6.41. The smallest absolute Gasteiger partial charge is 0.254 e. The maximum absolute atomic E-state index is 13.5. The third-order valence-electron chi connectivity index (χ3n) is 5.62. The molecule has 1 N–H and O–H groups in total. The van der Waals surface area contributed by atoms with E-state index in [2.05, 4.69) is 5.32 Å². The van der Waals surface area contributed by atoms with Crippen molar-refractivity contribution in [3.63, 3.8) is 0 Å². The number of amides is 1. The number of rotatable bonds is 10. The lowest BCUT2D eigenvalue weighted by molar-refractivity contribution is 0.0940. The zero-order chi connectivity index (χ0) is 26.5. The van der Waals surface area contributed by atoms with Gasteiger partial charge < -0.3 is 19.5 Å². The molecular formula is C26H29ClN2O6S. The largest absolute Gasteiger partial charge is 0.497 e. The van der Waals surface area contributed by atoms with E-state index in [-0.39, 0.29) is 29.6 Å². The predicted molar refractivity (Wildman–Crippen MR) is 141 cm³/mol. The van der Waals surface area contributed by atoms with Gasteiger partial charge in [-0.05, 0) is 48.4 Å². The second kappa shape index (κ2) is 11.5. The molecule has 36 heavy (non-hydrogen) atoms. The van der Waals surface area contributed by atoms with Gasteiger partial charge in [-0.3, -0.25) is 9.10 Å². The number of benzene rings is 3. The van der Waals surface area contributed by atoms with Crippen molar-refractivity contribution < 1.29 is 27.4 Å². The van der Waals surface area contributed by atoms with Crippen LogP contribution in [0.3, 0.4) is 0 Å². The van der Waals surface area contributed by atoms with E-state index in [1.807, 2.05) is 19.1 Å². The number of halogens is 1. The number of carbonyl (C=O) groups is 1. The van der Waals surface area contributed by atoms with Crippen LogP contribution < -0.4 is 23.8 Å². The lowest BCUT2D eigenvalue weighted by Crippen LogP contribution is -2.33. The molecule has 0 bridgehead atoms. The van der Waals surface area contributed by atoms with Crippen LogP contribution in [-0.4, -0.2) is 41.9 Å². The first-order valence-corrected chi connectivity index (χ1v) is 13.2. The number of nitrogens with one attached hydrogen (secondary N) is 1. The van der Waals surface area contributed by atoms with E-state index in [0.717, 1.165) is 16.1 Å². The molecule has 0 radical (unpaired) electrons. The summed E-state index contributed by atoms with van der Waals surface area (Å²) in [6.07, 6.45) is 1.08. The zero-order valence-electron chi connectivity index (χ0n) is 20.7. The van der Waals surface area contributed by atoms with Crippen LogP contribution >= 0.6 is 11.6 Å². The van der Waals surface area contributed by atoms with Crippen LogP contribution in [0, 0.1) is 0 Å². The van der Waals surface area contributed by atoms with E-state index >= 15 is 0 Å². The van der Waals surface area contributed by atoms with E-state index in [4.69, 9.17) is 25.8 Å². The summed E-state index contributed by atoms with van der Waals surface area (Å²) in [7, 11) is 0.662. The number of methoxy groups -OCH3 is 3. The van der Waals surface area contributed by atoms with Crippen molar-refractivity contribution in [3.05, 3.63) is 82.4 Å². The molecule has 0 fully saturated rings. The molecule has 0 aliphatic carbocycles. The lowest BCUT2D eigenvalue weighted by Gasteiger charge is -2.26. The van der Waals surface area contributed by atoms with Gasteiger partial charge in [0.05, 0.1) is 51.4 Å². The number of carbonyl (C=O) groups excluding carboxylic acids is 1. The monoisotopic (exact) mass is 532 g/mol. The average molecular weight is 533 g/mol. The van der Waals surface area contributed by atoms with E-state index in [1.165, 1.54) is 26.4 Å². The first kappa shape index (κ1) is 27.2. The lowest BCUT2D eigenvalue weighted by atomic mass is 10.1. The summed E-state index contributed by atoms with van der Waals surface area (Å²) in [6, 6.07) is 16.7. The van der Waals surface area contributed by atoms with Gasteiger partial charge >= 0.3 is 0 Å². The number of nitrogens with zero attached hydrogens (tertiary/aromatic N) is 1. The number of sulfonamides is 1. The van der Waals surface area contributed by atoms with Gasteiger partial charge in [0.25, 0.3) is 5.91 Å². The molecule has 3 rings (SSSR count). The van der Waals surface area contributed by atoms with Crippen molar-refractivity contribution >= 4 is 33.2 Å². The number of hydrogen-bond acceptors (Lipinski definition) is 6. The Bertz CT molecular complexity index is 1310. The van der Waals surface area contributed by atoms with Gasteiger partial charge in [-0.25, -0.2) is 8.42 Å². The van der Waals surface area contributed by atoms with Crippen LogP contribution in [0.5, 0.6) is 17.2 Å². The molecule has 0 heterocycles. The zero-order valence-corrected chi connectivity index (χ0v) is 22.3. The van der Waals surface area contributed by atoms with Crippen LogP contribution in [0.1, 0.15) is 34.5 Å². The van der Waals surface area contributed by atoms with Crippen LogP contribution in [0.15, 0.2) is 60.7 Å². The fourth-order valence-corrected chi connectivity index (χ4v) is 4.66. The van der Waals surface area contributed by atoms with Crippen molar-refractivity contribution in [1.29, 1.82) is 0 Å². The molecule has 0 aromatic heterocycles. The molecule has 3 aromatic carbocycles. The molecule has 0 aliphatic rings. The van der Waals surface area contributed by atoms with Crippen molar-refractivity contribution in [2.24, 2.45) is 0 Å². The fraction of sp³-hybridized carbons (Fsp3) is 0.269. The first-order chi connectivity index (χ1) is 17.1.